The quantitative estimate of drug-likeness (QED) is 0.570. The highest BCUT2D eigenvalue weighted by Crippen LogP contribution is 2.34. The molecule has 2 aliphatic heterocycles. The fraction of sp³-hybridized carbons (Fsp3) is 0.667. The minimum Gasteiger partial charge on any atom is -0.378 e. The molecule has 2 fully saturated rings. The van der Waals surface area contributed by atoms with Gasteiger partial charge in [0.1, 0.15) is 6.33 Å². The summed E-state index contributed by atoms with van der Waals surface area (Å²) >= 11 is 0. The predicted molar refractivity (Wildman–Crippen MR) is 74.8 cm³/mol. The molecular weight excluding hydrogens is 278 g/mol. The minimum absolute atomic E-state index is 0.0266. The molecule has 1 aromatic rings. The van der Waals surface area contributed by atoms with E-state index in [1.165, 1.54) is 6.33 Å². The fourth-order valence-corrected chi connectivity index (χ4v) is 2.54. The van der Waals surface area contributed by atoms with Gasteiger partial charge in [0.05, 0.1) is 31.4 Å². The van der Waals surface area contributed by atoms with Gasteiger partial charge in [-0.1, -0.05) is 0 Å². The molecule has 21 heavy (non-hydrogen) atoms. The predicted octanol–water partition coefficient (Wildman–Crippen LogP) is 0.0580. The number of aromatic nitrogens is 2. The maximum absolute atomic E-state index is 11.5. The molecule has 0 aliphatic carbocycles. The monoisotopic (exact) mass is 295 g/mol. The second-order valence-corrected chi connectivity index (χ2v) is 4.83. The number of nitro groups is 1. The van der Waals surface area contributed by atoms with Crippen LogP contribution in [0.4, 0.5) is 17.3 Å². The molecule has 0 saturated carbocycles. The van der Waals surface area contributed by atoms with Gasteiger partial charge in [-0.25, -0.2) is 9.97 Å². The van der Waals surface area contributed by atoms with Crippen molar-refractivity contribution in [3.05, 3.63) is 16.4 Å². The molecule has 0 bridgehead atoms. The van der Waals surface area contributed by atoms with Crippen LogP contribution in [0.3, 0.4) is 0 Å². The van der Waals surface area contributed by atoms with Crippen molar-refractivity contribution in [3.8, 4) is 0 Å². The number of nitrogens with zero attached hydrogens (tertiary/aromatic N) is 5. The van der Waals surface area contributed by atoms with Crippen LogP contribution in [0.15, 0.2) is 6.33 Å². The van der Waals surface area contributed by atoms with Crippen LogP contribution in [-0.2, 0) is 9.47 Å². The summed E-state index contributed by atoms with van der Waals surface area (Å²) in [6.45, 7) is 4.59. The summed E-state index contributed by atoms with van der Waals surface area (Å²) in [5.41, 5.74) is -0.0266. The Morgan fingerprint density at radius 2 is 1.38 bits per heavy atom. The van der Waals surface area contributed by atoms with Crippen LogP contribution >= 0.6 is 0 Å². The zero-order valence-corrected chi connectivity index (χ0v) is 11.6. The van der Waals surface area contributed by atoms with Gasteiger partial charge < -0.3 is 19.3 Å². The Kier molecular flexibility index (Phi) is 4.11. The molecule has 1 aromatic heterocycles. The Morgan fingerprint density at radius 1 is 0.952 bits per heavy atom. The first-order valence-corrected chi connectivity index (χ1v) is 6.92. The fourth-order valence-electron chi connectivity index (χ4n) is 2.54. The van der Waals surface area contributed by atoms with Crippen molar-refractivity contribution < 1.29 is 14.4 Å². The molecule has 9 heteroatoms. The van der Waals surface area contributed by atoms with Crippen molar-refractivity contribution in [2.45, 2.75) is 0 Å². The van der Waals surface area contributed by atoms with Crippen LogP contribution in [-0.4, -0.2) is 67.5 Å². The summed E-state index contributed by atoms with van der Waals surface area (Å²) in [6.07, 6.45) is 1.39. The van der Waals surface area contributed by atoms with Gasteiger partial charge in [0.25, 0.3) is 0 Å². The highest BCUT2D eigenvalue weighted by Gasteiger charge is 2.31. The lowest BCUT2D eigenvalue weighted by molar-refractivity contribution is -0.383. The largest absolute Gasteiger partial charge is 0.378 e. The van der Waals surface area contributed by atoms with Crippen molar-refractivity contribution in [2.75, 3.05) is 62.4 Å². The van der Waals surface area contributed by atoms with E-state index in [2.05, 4.69) is 9.97 Å². The Morgan fingerprint density at radius 3 is 1.76 bits per heavy atom. The molecule has 0 unspecified atom stereocenters. The van der Waals surface area contributed by atoms with Crippen LogP contribution < -0.4 is 9.80 Å². The van der Waals surface area contributed by atoms with Gasteiger partial charge in [-0.2, -0.15) is 0 Å². The molecule has 2 saturated heterocycles. The number of rotatable bonds is 3. The third kappa shape index (κ3) is 2.88. The van der Waals surface area contributed by atoms with Gasteiger partial charge in [0.15, 0.2) is 0 Å². The molecule has 0 radical (unpaired) electrons. The zero-order valence-electron chi connectivity index (χ0n) is 11.6. The molecule has 3 rings (SSSR count). The van der Waals surface area contributed by atoms with Crippen LogP contribution in [0, 0.1) is 10.1 Å². The number of ether oxygens (including phenoxy) is 2. The van der Waals surface area contributed by atoms with E-state index >= 15 is 0 Å². The molecule has 0 N–H and O–H groups in total. The van der Waals surface area contributed by atoms with E-state index in [0.29, 0.717) is 64.2 Å². The lowest BCUT2D eigenvalue weighted by Crippen LogP contribution is -2.39. The topological polar surface area (TPSA) is 93.9 Å². The van der Waals surface area contributed by atoms with E-state index in [1.54, 1.807) is 0 Å². The third-order valence-corrected chi connectivity index (χ3v) is 3.59. The van der Waals surface area contributed by atoms with Crippen LogP contribution in [0.1, 0.15) is 0 Å². The molecule has 2 aliphatic rings. The molecule has 0 aromatic carbocycles. The maximum atomic E-state index is 11.5. The first-order chi connectivity index (χ1) is 10.3. The van der Waals surface area contributed by atoms with Crippen molar-refractivity contribution in [2.24, 2.45) is 0 Å². The summed E-state index contributed by atoms with van der Waals surface area (Å²) in [4.78, 5) is 23.2. The minimum atomic E-state index is -0.393. The molecule has 0 amide bonds. The van der Waals surface area contributed by atoms with Crippen LogP contribution in [0.25, 0.3) is 0 Å². The Bertz CT molecular complexity index is 478. The van der Waals surface area contributed by atoms with Crippen molar-refractivity contribution >= 4 is 17.3 Å². The number of morpholine rings is 2. The third-order valence-electron chi connectivity index (χ3n) is 3.59. The van der Waals surface area contributed by atoms with Crippen LogP contribution in [0.2, 0.25) is 0 Å². The molecule has 3 heterocycles. The SMILES string of the molecule is O=[N+]([O-])c1c(N2CCOCC2)ncnc1N1CCOCC1. The standard InChI is InChI=1S/C12H17N5O4/c18-17(19)10-11(15-1-5-20-6-2-15)13-9-14-12(10)16-3-7-21-8-4-16/h9H,1-8H2. The van der Waals surface area contributed by atoms with E-state index in [1.807, 2.05) is 9.80 Å². The Hall–Kier alpha value is -2.00. The van der Waals surface area contributed by atoms with E-state index in [9.17, 15) is 10.1 Å². The smallest absolute Gasteiger partial charge is 0.353 e. The summed E-state index contributed by atoms with van der Waals surface area (Å²) in [5.74, 6) is 0.750. The number of anilines is 2. The lowest BCUT2D eigenvalue weighted by Gasteiger charge is -2.30. The average Bonchev–Trinajstić information content (AvgIpc) is 2.55. The number of hydrogen-bond acceptors (Lipinski definition) is 8. The van der Waals surface area contributed by atoms with Crippen molar-refractivity contribution in [3.63, 3.8) is 0 Å². The van der Waals surface area contributed by atoms with Gasteiger partial charge in [-0.05, 0) is 0 Å². The van der Waals surface area contributed by atoms with E-state index in [0.717, 1.165) is 0 Å². The maximum Gasteiger partial charge on any atom is 0.353 e. The summed E-state index contributed by atoms with van der Waals surface area (Å²) in [5, 5.41) is 11.5. The summed E-state index contributed by atoms with van der Waals surface area (Å²) < 4.78 is 10.6. The zero-order chi connectivity index (χ0) is 14.7. The number of hydrogen-bond donors (Lipinski definition) is 0. The molecule has 114 valence electrons. The van der Waals surface area contributed by atoms with Gasteiger partial charge in [0.2, 0.25) is 11.6 Å². The highest BCUT2D eigenvalue weighted by atomic mass is 16.6. The Balaban J connectivity index is 1.97. The molecule has 0 atom stereocenters. The second-order valence-electron chi connectivity index (χ2n) is 4.83. The van der Waals surface area contributed by atoms with Crippen molar-refractivity contribution in [1.29, 1.82) is 0 Å². The van der Waals surface area contributed by atoms with E-state index in [4.69, 9.17) is 9.47 Å². The average molecular weight is 295 g/mol. The molecular formula is C12H17N5O4. The van der Waals surface area contributed by atoms with E-state index in [-0.39, 0.29) is 5.69 Å². The molecule has 9 nitrogen and oxygen atoms in total. The summed E-state index contributed by atoms with van der Waals surface area (Å²) in [7, 11) is 0. The highest BCUT2D eigenvalue weighted by molar-refractivity contribution is 5.71. The normalized spacial score (nSPS) is 19.6. The molecule has 0 spiro atoms. The Labute approximate surface area is 121 Å². The van der Waals surface area contributed by atoms with Crippen molar-refractivity contribution in [1.82, 2.24) is 9.97 Å². The van der Waals surface area contributed by atoms with Gasteiger partial charge in [0, 0.05) is 26.2 Å². The second kappa shape index (κ2) is 6.19. The van der Waals surface area contributed by atoms with Gasteiger partial charge >= 0.3 is 5.69 Å². The summed E-state index contributed by atoms with van der Waals surface area (Å²) in [6, 6.07) is 0. The first-order valence-electron chi connectivity index (χ1n) is 6.92. The van der Waals surface area contributed by atoms with Gasteiger partial charge in [-0.3, -0.25) is 10.1 Å². The van der Waals surface area contributed by atoms with E-state index < -0.39 is 4.92 Å². The van der Waals surface area contributed by atoms with Crippen LogP contribution in [0.5, 0.6) is 0 Å². The van der Waals surface area contributed by atoms with Gasteiger partial charge in [-0.15, -0.1) is 0 Å². The first kappa shape index (κ1) is 14.0. The lowest BCUT2D eigenvalue weighted by atomic mass is 10.3.